The Morgan fingerprint density at radius 1 is 1.20 bits per heavy atom. The zero-order chi connectivity index (χ0) is 11.7. The highest BCUT2D eigenvalue weighted by Crippen LogP contribution is 2.15. The van der Waals surface area contributed by atoms with Crippen molar-refractivity contribution in [2.75, 3.05) is 32.7 Å². The minimum absolute atomic E-state index is 0.138. The smallest absolute Gasteiger partial charge is 0.0863 e. The highest BCUT2D eigenvalue weighted by molar-refractivity contribution is 7.99. The molecule has 0 aromatic carbocycles. The molecule has 0 aliphatic carbocycles. The molecule has 5 heteroatoms. The van der Waals surface area contributed by atoms with Gasteiger partial charge in [-0.3, -0.25) is 0 Å². The van der Waals surface area contributed by atoms with Crippen LogP contribution in [0.4, 0.5) is 0 Å². The predicted molar refractivity (Wildman–Crippen MR) is 62.3 cm³/mol. The van der Waals surface area contributed by atoms with E-state index in [0.717, 1.165) is 0 Å². The molecule has 3 atom stereocenters. The van der Waals surface area contributed by atoms with Crippen LogP contribution in [0.25, 0.3) is 0 Å². The first-order chi connectivity index (χ1) is 7.07. The Kier molecular flexibility index (Phi) is 9.54. The third-order valence-electron chi connectivity index (χ3n) is 1.97. The molecule has 0 aromatic heterocycles. The zero-order valence-corrected chi connectivity index (χ0v) is 10.5. The van der Waals surface area contributed by atoms with E-state index < -0.39 is 6.10 Å². The molecule has 0 aliphatic rings. The van der Waals surface area contributed by atoms with Gasteiger partial charge in [0.05, 0.1) is 32.0 Å². The van der Waals surface area contributed by atoms with Crippen molar-refractivity contribution in [1.29, 1.82) is 0 Å². The molecule has 0 fully saturated rings. The number of ether oxygens (including phenoxy) is 2. The van der Waals surface area contributed by atoms with E-state index in [-0.39, 0.29) is 11.4 Å². The predicted octanol–water partition coefficient (Wildman–Crippen LogP) is 0.513. The zero-order valence-electron chi connectivity index (χ0n) is 9.68. The summed E-state index contributed by atoms with van der Waals surface area (Å²) >= 11 is 1.55. The van der Waals surface area contributed by atoms with Gasteiger partial charge in [0.1, 0.15) is 0 Å². The van der Waals surface area contributed by atoms with Gasteiger partial charge < -0.3 is 19.7 Å². The van der Waals surface area contributed by atoms with Gasteiger partial charge in [-0.25, -0.2) is 0 Å². The lowest BCUT2D eigenvalue weighted by atomic mass is 10.3. The third-order valence-corrected chi connectivity index (χ3v) is 3.47. The Bertz CT molecular complexity index is 143. The number of hydrogen-bond donors (Lipinski definition) is 2. The summed E-state index contributed by atoms with van der Waals surface area (Å²) in [6, 6.07) is 0. The van der Waals surface area contributed by atoms with Gasteiger partial charge in [0.15, 0.2) is 0 Å². The van der Waals surface area contributed by atoms with Gasteiger partial charge in [0.2, 0.25) is 0 Å². The van der Waals surface area contributed by atoms with Crippen molar-refractivity contribution >= 4 is 11.8 Å². The van der Waals surface area contributed by atoms with Crippen LogP contribution >= 0.6 is 11.8 Å². The molecule has 0 saturated carbocycles. The van der Waals surface area contributed by atoms with Gasteiger partial charge in [-0.1, -0.05) is 6.92 Å². The molecule has 0 aliphatic heterocycles. The molecule has 0 saturated heterocycles. The Labute approximate surface area is 96.0 Å². The van der Waals surface area contributed by atoms with Gasteiger partial charge in [0, 0.05) is 18.1 Å². The van der Waals surface area contributed by atoms with Crippen molar-refractivity contribution in [3.05, 3.63) is 0 Å². The van der Waals surface area contributed by atoms with E-state index >= 15 is 0 Å². The summed E-state index contributed by atoms with van der Waals surface area (Å²) < 4.78 is 9.99. The Morgan fingerprint density at radius 3 is 2.40 bits per heavy atom. The van der Waals surface area contributed by atoms with Crippen LogP contribution in [-0.2, 0) is 9.47 Å². The van der Waals surface area contributed by atoms with Crippen LogP contribution in [0.2, 0.25) is 0 Å². The second kappa shape index (κ2) is 9.42. The molecule has 3 unspecified atom stereocenters. The largest absolute Gasteiger partial charge is 0.392 e. The normalized spacial score (nSPS) is 17.4. The molecular formula is C10H22O4S. The van der Waals surface area contributed by atoms with E-state index in [2.05, 4.69) is 0 Å². The fraction of sp³-hybridized carbons (Fsp3) is 1.00. The van der Waals surface area contributed by atoms with Crippen molar-refractivity contribution in [2.45, 2.75) is 31.3 Å². The Balaban J connectivity index is 3.36. The van der Waals surface area contributed by atoms with Crippen molar-refractivity contribution in [3.63, 3.8) is 0 Å². The lowest BCUT2D eigenvalue weighted by Crippen LogP contribution is -2.23. The lowest BCUT2D eigenvalue weighted by molar-refractivity contribution is 0.0217. The van der Waals surface area contributed by atoms with Crippen molar-refractivity contribution < 1.29 is 19.7 Å². The van der Waals surface area contributed by atoms with E-state index in [1.165, 1.54) is 0 Å². The monoisotopic (exact) mass is 238 g/mol. The van der Waals surface area contributed by atoms with Crippen LogP contribution in [0.3, 0.4) is 0 Å². The first kappa shape index (κ1) is 15.2. The highest BCUT2D eigenvalue weighted by Gasteiger charge is 2.12. The molecule has 92 valence electrons. The van der Waals surface area contributed by atoms with Gasteiger partial charge >= 0.3 is 0 Å². The first-order valence-electron chi connectivity index (χ1n) is 5.12. The number of rotatable bonds is 9. The molecule has 0 bridgehead atoms. The molecule has 0 amide bonds. The SMILES string of the molecule is COCCOCC(O)CSC(C)C(C)O. The quantitative estimate of drug-likeness (QED) is 0.573. The Morgan fingerprint density at radius 2 is 1.87 bits per heavy atom. The summed E-state index contributed by atoms with van der Waals surface area (Å²) in [6.45, 7) is 5.06. The highest BCUT2D eigenvalue weighted by atomic mass is 32.2. The number of aliphatic hydroxyl groups excluding tert-OH is 2. The fourth-order valence-corrected chi connectivity index (χ4v) is 1.71. The number of aliphatic hydroxyl groups is 2. The standard InChI is InChI=1S/C10H22O4S/c1-8(11)9(2)15-7-10(12)6-14-5-4-13-3/h8-12H,4-7H2,1-3H3. The molecule has 0 radical (unpaired) electrons. The van der Waals surface area contributed by atoms with Gasteiger partial charge in [0.25, 0.3) is 0 Å². The van der Waals surface area contributed by atoms with E-state index in [1.807, 2.05) is 6.92 Å². The molecular weight excluding hydrogens is 216 g/mol. The van der Waals surface area contributed by atoms with E-state index in [0.29, 0.717) is 25.6 Å². The number of methoxy groups -OCH3 is 1. The van der Waals surface area contributed by atoms with Crippen LogP contribution in [0.1, 0.15) is 13.8 Å². The Hall–Kier alpha value is 0.190. The van der Waals surface area contributed by atoms with Gasteiger partial charge in [-0.05, 0) is 6.92 Å². The average molecular weight is 238 g/mol. The van der Waals surface area contributed by atoms with Crippen LogP contribution in [-0.4, -0.2) is 60.4 Å². The average Bonchev–Trinajstić information content (AvgIpc) is 2.20. The van der Waals surface area contributed by atoms with Crippen LogP contribution in [0.5, 0.6) is 0 Å². The van der Waals surface area contributed by atoms with Crippen molar-refractivity contribution in [2.24, 2.45) is 0 Å². The van der Waals surface area contributed by atoms with Crippen molar-refractivity contribution in [3.8, 4) is 0 Å². The molecule has 4 nitrogen and oxygen atoms in total. The van der Waals surface area contributed by atoms with Crippen LogP contribution in [0, 0.1) is 0 Å². The first-order valence-corrected chi connectivity index (χ1v) is 6.17. The summed E-state index contributed by atoms with van der Waals surface area (Å²) in [5.41, 5.74) is 0. The summed E-state index contributed by atoms with van der Waals surface area (Å²) in [5, 5.41) is 18.9. The summed E-state index contributed by atoms with van der Waals surface area (Å²) in [4.78, 5) is 0. The molecule has 2 N–H and O–H groups in total. The van der Waals surface area contributed by atoms with Gasteiger partial charge in [-0.15, -0.1) is 0 Å². The fourth-order valence-electron chi connectivity index (χ4n) is 0.812. The van der Waals surface area contributed by atoms with Gasteiger partial charge in [-0.2, -0.15) is 11.8 Å². The number of thioether (sulfide) groups is 1. The minimum Gasteiger partial charge on any atom is -0.392 e. The van der Waals surface area contributed by atoms with Crippen LogP contribution < -0.4 is 0 Å². The second-order valence-corrected chi connectivity index (χ2v) is 4.91. The lowest BCUT2D eigenvalue weighted by Gasteiger charge is -2.16. The van der Waals surface area contributed by atoms with Crippen LogP contribution in [0.15, 0.2) is 0 Å². The molecule has 0 rings (SSSR count). The van der Waals surface area contributed by atoms with E-state index in [4.69, 9.17) is 9.47 Å². The molecule has 0 aromatic rings. The topological polar surface area (TPSA) is 58.9 Å². The van der Waals surface area contributed by atoms with Crippen molar-refractivity contribution in [1.82, 2.24) is 0 Å². The summed E-state index contributed by atoms with van der Waals surface area (Å²) in [6.07, 6.45) is -0.829. The minimum atomic E-state index is -0.479. The van der Waals surface area contributed by atoms with E-state index in [9.17, 15) is 10.2 Å². The maximum atomic E-state index is 9.51. The molecule has 0 heterocycles. The maximum absolute atomic E-state index is 9.51. The summed E-state index contributed by atoms with van der Waals surface area (Å²) in [5.74, 6) is 0.582. The molecule has 0 spiro atoms. The van der Waals surface area contributed by atoms with E-state index in [1.54, 1.807) is 25.8 Å². The molecule has 15 heavy (non-hydrogen) atoms. The second-order valence-electron chi connectivity index (χ2n) is 3.50. The summed E-state index contributed by atoms with van der Waals surface area (Å²) in [7, 11) is 1.61. The number of hydrogen-bond acceptors (Lipinski definition) is 5. The maximum Gasteiger partial charge on any atom is 0.0863 e. The third kappa shape index (κ3) is 9.14.